The number of rotatable bonds is 4. The van der Waals surface area contributed by atoms with Gasteiger partial charge in [0.25, 0.3) is 0 Å². The summed E-state index contributed by atoms with van der Waals surface area (Å²) in [4.78, 5) is 11.5. The number of amides is 1. The van der Waals surface area contributed by atoms with Gasteiger partial charge in [0.1, 0.15) is 0 Å². The van der Waals surface area contributed by atoms with Gasteiger partial charge in [-0.1, -0.05) is 34.1 Å². The predicted octanol–water partition coefficient (Wildman–Crippen LogP) is 2.36. The zero-order chi connectivity index (χ0) is 12.1. The first-order chi connectivity index (χ1) is 7.50. The van der Waals surface area contributed by atoms with Crippen LogP contribution in [0.1, 0.15) is 31.9 Å². The number of nitrogens with one attached hydrogen (secondary N) is 1. The third kappa shape index (κ3) is 3.94. The summed E-state index contributed by atoms with van der Waals surface area (Å²) in [6.45, 7) is 3.78. The summed E-state index contributed by atoms with van der Waals surface area (Å²) < 4.78 is 1.00. The lowest BCUT2D eigenvalue weighted by Gasteiger charge is -2.16. The highest BCUT2D eigenvalue weighted by atomic mass is 79.9. The Balaban J connectivity index is 2.62. The smallest absolute Gasteiger partial charge is 0.222 e. The first-order valence-corrected chi connectivity index (χ1v) is 6.09. The van der Waals surface area contributed by atoms with Crippen molar-refractivity contribution in [3.63, 3.8) is 0 Å². The van der Waals surface area contributed by atoms with Crippen LogP contribution in [0.4, 0.5) is 0 Å². The first kappa shape index (κ1) is 13.2. The van der Waals surface area contributed by atoms with E-state index in [2.05, 4.69) is 21.2 Å². The molecule has 88 valence electrons. The van der Waals surface area contributed by atoms with Gasteiger partial charge in [0.2, 0.25) is 5.91 Å². The second-order valence-electron chi connectivity index (χ2n) is 3.99. The van der Waals surface area contributed by atoms with Gasteiger partial charge in [-0.2, -0.15) is 0 Å². The molecule has 3 N–H and O–H groups in total. The summed E-state index contributed by atoms with van der Waals surface area (Å²) in [7, 11) is 0. The number of carbonyl (C=O) groups excluding carboxylic acids is 1. The van der Waals surface area contributed by atoms with E-state index in [0.717, 1.165) is 10.0 Å². The second kappa shape index (κ2) is 6.01. The van der Waals surface area contributed by atoms with E-state index in [1.165, 1.54) is 0 Å². The van der Waals surface area contributed by atoms with Crippen molar-refractivity contribution in [1.29, 1.82) is 0 Å². The molecular weight excluding hydrogens is 268 g/mol. The van der Waals surface area contributed by atoms with Gasteiger partial charge < -0.3 is 11.1 Å². The summed E-state index contributed by atoms with van der Waals surface area (Å²) in [5.41, 5.74) is 6.64. The maximum Gasteiger partial charge on any atom is 0.222 e. The molecule has 0 spiro atoms. The molecule has 0 radical (unpaired) electrons. The zero-order valence-corrected chi connectivity index (χ0v) is 11.1. The molecule has 0 bridgehead atoms. The number of benzene rings is 1. The molecule has 3 nitrogen and oxygen atoms in total. The van der Waals surface area contributed by atoms with Crippen LogP contribution in [0.5, 0.6) is 0 Å². The highest BCUT2D eigenvalue weighted by Crippen LogP contribution is 2.22. The predicted molar refractivity (Wildman–Crippen MR) is 69.0 cm³/mol. The molecule has 0 fully saturated rings. The van der Waals surface area contributed by atoms with Crippen LogP contribution in [0, 0.1) is 0 Å². The van der Waals surface area contributed by atoms with Gasteiger partial charge in [0.15, 0.2) is 0 Å². The van der Waals surface area contributed by atoms with Crippen LogP contribution in [0.2, 0.25) is 0 Å². The second-order valence-corrected chi connectivity index (χ2v) is 4.85. The minimum atomic E-state index is -0.105. The maximum absolute atomic E-state index is 11.5. The maximum atomic E-state index is 11.5. The number of halogens is 1. The minimum absolute atomic E-state index is 0.0122. The molecule has 4 heteroatoms. The van der Waals surface area contributed by atoms with Gasteiger partial charge in [-0.05, 0) is 25.5 Å². The van der Waals surface area contributed by atoms with Crippen LogP contribution in [-0.2, 0) is 4.79 Å². The van der Waals surface area contributed by atoms with Crippen LogP contribution in [0.15, 0.2) is 28.7 Å². The van der Waals surface area contributed by atoms with Crippen LogP contribution in [-0.4, -0.2) is 11.9 Å². The fourth-order valence-corrected chi connectivity index (χ4v) is 2.13. The lowest BCUT2D eigenvalue weighted by molar-refractivity contribution is -0.122. The van der Waals surface area contributed by atoms with Crippen molar-refractivity contribution >= 4 is 21.8 Å². The highest BCUT2D eigenvalue weighted by molar-refractivity contribution is 9.10. The summed E-state index contributed by atoms with van der Waals surface area (Å²) in [6, 6.07) is 7.73. The first-order valence-electron chi connectivity index (χ1n) is 5.30. The Morgan fingerprint density at radius 1 is 1.44 bits per heavy atom. The van der Waals surface area contributed by atoms with Crippen LogP contribution in [0.25, 0.3) is 0 Å². The lowest BCUT2D eigenvalue weighted by Crippen LogP contribution is -2.31. The van der Waals surface area contributed by atoms with E-state index >= 15 is 0 Å². The standard InChI is InChI=1S/C12H17BrN2O/c1-8(14)7-12(16)15-9(2)10-5-3-4-6-11(10)13/h3-6,8-9H,7,14H2,1-2H3,(H,15,16)/t8?,9-/m0/s1. The van der Waals surface area contributed by atoms with Crippen molar-refractivity contribution in [2.24, 2.45) is 5.73 Å². The van der Waals surface area contributed by atoms with Gasteiger partial charge in [0, 0.05) is 16.9 Å². The highest BCUT2D eigenvalue weighted by Gasteiger charge is 2.12. The molecule has 2 atom stereocenters. The van der Waals surface area contributed by atoms with E-state index in [9.17, 15) is 4.79 Å². The van der Waals surface area contributed by atoms with Crippen molar-refractivity contribution in [1.82, 2.24) is 5.32 Å². The Bertz CT molecular complexity index is 366. The quantitative estimate of drug-likeness (QED) is 0.892. The Hall–Kier alpha value is -0.870. The van der Waals surface area contributed by atoms with Gasteiger partial charge in [-0.3, -0.25) is 4.79 Å². The van der Waals surface area contributed by atoms with Crippen molar-refractivity contribution in [3.05, 3.63) is 34.3 Å². The number of hydrogen-bond acceptors (Lipinski definition) is 2. The molecule has 0 heterocycles. The van der Waals surface area contributed by atoms with Gasteiger partial charge in [-0.15, -0.1) is 0 Å². The minimum Gasteiger partial charge on any atom is -0.349 e. The Morgan fingerprint density at radius 2 is 2.06 bits per heavy atom. The van der Waals surface area contributed by atoms with Crippen LogP contribution in [0.3, 0.4) is 0 Å². The van der Waals surface area contributed by atoms with E-state index in [1.54, 1.807) is 0 Å². The third-order valence-electron chi connectivity index (χ3n) is 2.26. The normalized spacial score (nSPS) is 14.2. The molecule has 1 amide bonds. The number of nitrogens with two attached hydrogens (primary N) is 1. The van der Waals surface area contributed by atoms with Gasteiger partial charge in [0.05, 0.1) is 6.04 Å². The summed E-state index contributed by atoms with van der Waals surface area (Å²) in [5.74, 6) is -0.0155. The fraction of sp³-hybridized carbons (Fsp3) is 0.417. The molecule has 1 aromatic rings. The van der Waals surface area contributed by atoms with Crippen LogP contribution < -0.4 is 11.1 Å². The average molecular weight is 285 g/mol. The Kier molecular flexibility index (Phi) is 4.96. The van der Waals surface area contributed by atoms with Crippen molar-refractivity contribution in [2.45, 2.75) is 32.4 Å². The molecule has 0 aliphatic carbocycles. The molecule has 0 aliphatic rings. The van der Waals surface area contributed by atoms with E-state index in [0.29, 0.717) is 6.42 Å². The lowest BCUT2D eigenvalue weighted by atomic mass is 10.1. The van der Waals surface area contributed by atoms with E-state index < -0.39 is 0 Å². The molecule has 1 aromatic carbocycles. The number of hydrogen-bond donors (Lipinski definition) is 2. The molecule has 0 aliphatic heterocycles. The zero-order valence-electron chi connectivity index (χ0n) is 9.53. The van der Waals surface area contributed by atoms with Crippen molar-refractivity contribution < 1.29 is 4.79 Å². The molecule has 1 unspecified atom stereocenters. The fourth-order valence-electron chi connectivity index (χ4n) is 1.50. The Labute approximate surface area is 105 Å². The number of carbonyl (C=O) groups is 1. The average Bonchev–Trinajstić information content (AvgIpc) is 2.16. The largest absolute Gasteiger partial charge is 0.349 e. The van der Waals surface area contributed by atoms with Crippen LogP contribution >= 0.6 is 15.9 Å². The molecule has 16 heavy (non-hydrogen) atoms. The van der Waals surface area contributed by atoms with Crippen molar-refractivity contribution in [3.8, 4) is 0 Å². The Morgan fingerprint density at radius 3 is 2.62 bits per heavy atom. The third-order valence-corrected chi connectivity index (χ3v) is 2.98. The molecule has 1 rings (SSSR count). The van der Waals surface area contributed by atoms with Gasteiger partial charge >= 0.3 is 0 Å². The SMILES string of the molecule is CC(N)CC(=O)N[C@@H](C)c1ccccc1Br. The summed E-state index contributed by atoms with van der Waals surface area (Å²) >= 11 is 3.46. The molecule has 0 saturated heterocycles. The molecular formula is C12H17BrN2O. The summed E-state index contributed by atoms with van der Waals surface area (Å²) in [5, 5.41) is 2.92. The van der Waals surface area contributed by atoms with Gasteiger partial charge in [-0.25, -0.2) is 0 Å². The van der Waals surface area contributed by atoms with E-state index in [4.69, 9.17) is 5.73 Å². The molecule has 0 aromatic heterocycles. The van der Waals surface area contributed by atoms with E-state index in [1.807, 2.05) is 38.1 Å². The summed E-state index contributed by atoms with van der Waals surface area (Å²) in [6.07, 6.45) is 0.356. The molecule has 0 saturated carbocycles. The topological polar surface area (TPSA) is 55.1 Å². The monoisotopic (exact) mass is 284 g/mol. The van der Waals surface area contributed by atoms with E-state index in [-0.39, 0.29) is 18.0 Å². The van der Waals surface area contributed by atoms with Crippen molar-refractivity contribution in [2.75, 3.05) is 0 Å².